The average molecular weight is 334 g/mol. The Labute approximate surface area is 106 Å². The molecule has 2 heterocycles. The van der Waals surface area contributed by atoms with Crippen molar-refractivity contribution >= 4 is 33.9 Å². The van der Waals surface area contributed by atoms with Crippen molar-refractivity contribution < 1.29 is 5.11 Å². The minimum Gasteiger partial charge on any atom is -0.388 e. The van der Waals surface area contributed by atoms with Crippen LogP contribution in [-0.2, 0) is 13.5 Å². The van der Waals surface area contributed by atoms with Crippen LogP contribution in [-0.4, -0.2) is 14.9 Å². The Balaban J connectivity index is 2.06. The van der Waals surface area contributed by atoms with Gasteiger partial charge in [-0.15, -0.1) is 11.3 Å². The molecule has 0 saturated heterocycles. The van der Waals surface area contributed by atoms with E-state index in [0.29, 0.717) is 6.42 Å². The van der Waals surface area contributed by atoms with Gasteiger partial charge in [0.1, 0.15) is 0 Å². The van der Waals surface area contributed by atoms with Gasteiger partial charge < -0.3 is 5.11 Å². The highest BCUT2D eigenvalue weighted by atomic mass is 127. The number of hydrogen-bond donors (Lipinski definition) is 1. The molecule has 0 aliphatic carbocycles. The van der Waals surface area contributed by atoms with Crippen LogP contribution in [0.5, 0.6) is 0 Å². The molecule has 0 amide bonds. The van der Waals surface area contributed by atoms with Gasteiger partial charge in [-0.1, -0.05) is 0 Å². The Morgan fingerprint density at radius 3 is 3.00 bits per heavy atom. The molecule has 0 fully saturated rings. The first-order chi connectivity index (χ1) is 7.15. The molecule has 15 heavy (non-hydrogen) atoms. The van der Waals surface area contributed by atoms with Crippen molar-refractivity contribution in [1.82, 2.24) is 9.78 Å². The Morgan fingerprint density at radius 2 is 2.47 bits per heavy atom. The van der Waals surface area contributed by atoms with Crippen LogP contribution < -0.4 is 0 Å². The van der Waals surface area contributed by atoms with Crippen LogP contribution in [0, 0.1) is 2.88 Å². The topological polar surface area (TPSA) is 38.0 Å². The molecular weight excluding hydrogens is 323 g/mol. The highest BCUT2D eigenvalue weighted by Crippen LogP contribution is 2.24. The highest BCUT2D eigenvalue weighted by Gasteiger charge is 2.11. The van der Waals surface area contributed by atoms with E-state index in [1.807, 2.05) is 30.8 Å². The summed E-state index contributed by atoms with van der Waals surface area (Å²) in [6.45, 7) is 0. The molecule has 0 radical (unpaired) electrons. The van der Waals surface area contributed by atoms with Crippen molar-refractivity contribution in [2.24, 2.45) is 7.05 Å². The van der Waals surface area contributed by atoms with E-state index in [2.05, 4.69) is 27.7 Å². The first-order valence-corrected chi connectivity index (χ1v) is 6.51. The standard InChI is InChI=1S/C10H11IN2OS/c1-13-3-2-8(12-13)5-9(14)7-4-10(11)15-6-7/h2-4,6,9,14H,5H2,1H3. The number of thiophene rings is 1. The molecule has 0 aliphatic rings. The third-order valence-corrected chi connectivity index (χ3v) is 3.95. The van der Waals surface area contributed by atoms with Crippen molar-refractivity contribution in [1.29, 1.82) is 0 Å². The van der Waals surface area contributed by atoms with E-state index in [1.165, 1.54) is 2.88 Å². The molecule has 1 atom stereocenters. The second-order valence-corrected chi connectivity index (χ2v) is 6.19. The van der Waals surface area contributed by atoms with Crippen LogP contribution in [0.3, 0.4) is 0 Å². The van der Waals surface area contributed by atoms with Crippen LogP contribution in [0.1, 0.15) is 17.4 Å². The first kappa shape index (κ1) is 11.1. The van der Waals surface area contributed by atoms with Gasteiger partial charge in [0.05, 0.1) is 14.7 Å². The van der Waals surface area contributed by atoms with E-state index in [1.54, 1.807) is 16.0 Å². The Morgan fingerprint density at radius 1 is 1.67 bits per heavy atom. The Kier molecular flexibility index (Phi) is 3.42. The number of aromatic nitrogens is 2. The smallest absolute Gasteiger partial charge is 0.0854 e. The highest BCUT2D eigenvalue weighted by molar-refractivity contribution is 14.1. The van der Waals surface area contributed by atoms with Crippen molar-refractivity contribution in [3.63, 3.8) is 0 Å². The molecule has 1 N–H and O–H groups in total. The lowest BCUT2D eigenvalue weighted by molar-refractivity contribution is 0.177. The van der Waals surface area contributed by atoms with Gasteiger partial charge in [0, 0.05) is 19.7 Å². The molecule has 0 saturated carbocycles. The number of aryl methyl sites for hydroxylation is 1. The summed E-state index contributed by atoms with van der Waals surface area (Å²) in [7, 11) is 1.88. The van der Waals surface area contributed by atoms with Crippen LogP contribution >= 0.6 is 33.9 Å². The molecule has 3 nitrogen and oxygen atoms in total. The van der Waals surface area contributed by atoms with Crippen LogP contribution in [0.2, 0.25) is 0 Å². The summed E-state index contributed by atoms with van der Waals surface area (Å²) in [6.07, 6.45) is 2.02. The lowest BCUT2D eigenvalue weighted by Gasteiger charge is -2.05. The van der Waals surface area contributed by atoms with E-state index >= 15 is 0 Å². The van der Waals surface area contributed by atoms with E-state index in [4.69, 9.17) is 0 Å². The van der Waals surface area contributed by atoms with E-state index < -0.39 is 6.10 Å². The normalized spacial score (nSPS) is 13.0. The van der Waals surface area contributed by atoms with E-state index in [0.717, 1.165) is 11.3 Å². The molecule has 0 aromatic carbocycles. The van der Waals surface area contributed by atoms with Gasteiger partial charge in [-0.2, -0.15) is 5.10 Å². The second kappa shape index (κ2) is 4.63. The third kappa shape index (κ3) is 2.79. The number of halogens is 1. The van der Waals surface area contributed by atoms with Gasteiger partial charge in [-0.05, 0) is 45.7 Å². The SMILES string of the molecule is Cn1ccc(CC(O)c2csc(I)c2)n1. The average Bonchev–Trinajstić information content (AvgIpc) is 2.75. The summed E-state index contributed by atoms with van der Waals surface area (Å²) in [6, 6.07) is 3.94. The Bertz CT molecular complexity index is 452. The van der Waals surface area contributed by atoms with Crippen LogP contribution in [0.25, 0.3) is 0 Å². The molecule has 5 heteroatoms. The zero-order chi connectivity index (χ0) is 10.8. The summed E-state index contributed by atoms with van der Waals surface area (Å²) in [5.41, 5.74) is 1.90. The Hall–Kier alpha value is -0.400. The number of nitrogens with zero attached hydrogens (tertiary/aromatic N) is 2. The quantitative estimate of drug-likeness (QED) is 0.875. The van der Waals surface area contributed by atoms with Gasteiger partial charge in [-0.25, -0.2) is 0 Å². The fourth-order valence-corrected chi connectivity index (χ4v) is 2.81. The molecule has 2 aromatic rings. The number of aliphatic hydroxyl groups is 1. The molecule has 0 spiro atoms. The molecule has 0 bridgehead atoms. The largest absolute Gasteiger partial charge is 0.388 e. The summed E-state index contributed by atoms with van der Waals surface area (Å²) in [4.78, 5) is 0. The number of rotatable bonds is 3. The van der Waals surface area contributed by atoms with Gasteiger partial charge in [0.2, 0.25) is 0 Å². The second-order valence-electron chi connectivity index (χ2n) is 3.38. The molecule has 2 aromatic heterocycles. The lowest BCUT2D eigenvalue weighted by atomic mass is 10.1. The number of hydrogen-bond acceptors (Lipinski definition) is 3. The molecule has 2 rings (SSSR count). The van der Waals surface area contributed by atoms with Gasteiger partial charge in [0.15, 0.2) is 0 Å². The predicted molar refractivity (Wildman–Crippen MR) is 68.9 cm³/mol. The van der Waals surface area contributed by atoms with Crippen molar-refractivity contribution in [3.8, 4) is 0 Å². The zero-order valence-corrected chi connectivity index (χ0v) is 11.2. The minimum absolute atomic E-state index is 0.445. The fourth-order valence-electron chi connectivity index (χ4n) is 1.39. The van der Waals surface area contributed by atoms with Crippen LogP contribution in [0.4, 0.5) is 0 Å². The van der Waals surface area contributed by atoms with Crippen LogP contribution in [0.15, 0.2) is 23.7 Å². The third-order valence-electron chi connectivity index (χ3n) is 2.14. The van der Waals surface area contributed by atoms with E-state index in [-0.39, 0.29) is 0 Å². The first-order valence-electron chi connectivity index (χ1n) is 4.55. The van der Waals surface area contributed by atoms with Gasteiger partial charge in [-0.3, -0.25) is 4.68 Å². The summed E-state index contributed by atoms with van der Waals surface area (Å²) in [5, 5.41) is 16.2. The molecule has 80 valence electrons. The van der Waals surface area contributed by atoms with Gasteiger partial charge in [0.25, 0.3) is 0 Å². The minimum atomic E-state index is -0.445. The van der Waals surface area contributed by atoms with E-state index in [9.17, 15) is 5.11 Å². The number of aliphatic hydroxyl groups excluding tert-OH is 1. The maximum Gasteiger partial charge on any atom is 0.0854 e. The fraction of sp³-hybridized carbons (Fsp3) is 0.300. The predicted octanol–water partition coefficient (Wildman–Crippen LogP) is 2.36. The molecule has 0 aliphatic heterocycles. The van der Waals surface area contributed by atoms with Gasteiger partial charge >= 0.3 is 0 Å². The summed E-state index contributed by atoms with van der Waals surface area (Å²) < 4.78 is 2.95. The molecular formula is C10H11IN2OS. The maximum atomic E-state index is 9.95. The monoisotopic (exact) mass is 334 g/mol. The molecule has 1 unspecified atom stereocenters. The maximum absolute atomic E-state index is 9.95. The lowest BCUT2D eigenvalue weighted by Crippen LogP contribution is -2.01. The summed E-state index contributed by atoms with van der Waals surface area (Å²) in [5.74, 6) is 0. The van der Waals surface area contributed by atoms with Crippen molar-refractivity contribution in [2.75, 3.05) is 0 Å². The van der Waals surface area contributed by atoms with Crippen molar-refractivity contribution in [3.05, 3.63) is 37.9 Å². The zero-order valence-electron chi connectivity index (χ0n) is 8.22. The van der Waals surface area contributed by atoms with Crippen molar-refractivity contribution in [2.45, 2.75) is 12.5 Å². The summed E-state index contributed by atoms with van der Waals surface area (Å²) >= 11 is 3.91.